The second-order valence-electron chi connectivity index (χ2n) is 2.85. The molecule has 1 aliphatic rings. The lowest BCUT2D eigenvalue weighted by atomic mass is 10.3. The molecule has 1 heterocycles. The molecule has 2 nitrogen and oxygen atoms in total. The average molecular weight is 157 g/mol. The van der Waals surface area contributed by atoms with Crippen molar-refractivity contribution >= 4 is 18.5 Å². The molecule has 0 aromatic heterocycles. The lowest BCUT2D eigenvalue weighted by Crippen LogP contribution is -2.40. The van der Waals surface area contributed by atoms with Gasteiger partial charge >= 0.3 is 0 Å². The Labute approximate surface area is 66.3 Å². The highest BCUT2D eigenvalue weighted by Gasteiger charge is 2.27. The van der Waals surface area contributed by atoms with Crippen LogP contribution in [0, 0.1) is 0 Å². The zero-order chi connectivity index (χ0) is 7.78. The maximum atomic E-state index is 11.0. The molecule has 0 unspecified atom stereocenters. The second-order valence-corrected chi connectivity index (χ2v) is 3.94. The van der Waals surface area contributed by atoms with Crippen LogP contribution in [0.4, 0.5) is 0 Å². The number of thiol groups is 1. The Morgan fingerprint density at radius 1 is 1.70 bits per heavy atom. The van der Waals surface area contributed by atoms with Crippen molar-refractivity contribution in [1.29, 1.82) is 0 Å². The predicted molar refractivity (Wildman–Crippen MR) is 43.9 cm³/mol. The highest BCUT2D eigenvalue weighted by Crippen LogP contribution is 2.21. The normalized spacial score (nSPS) is 18.7. The largest absolute Gasteiger partial charge is 0.322 e. The molecule has 0 bridgehead atoms. The van der Waals surface area contributed by atoms with Gasteiger partial charge < -0.3 is 4.90 Å². The first-order chi connectivity index (χ1) is 4.52. The molecule has 56 valence electrons. The van der Waals surface area contributed by atoms with E-state index in [1.54, 1.807) is 11.0 Å². The molecule has 0 aromatic carbocycles. The number of rotatable bonds is 1. The van der Waals surface area contributed by atoms with Crippen LogP contribution >= 0.6 is 12.6 Å². The van der Waals surface area contributed by atoms with E-state index >= 15 is 0 Å². The molecule has 0 saturated heterocycles. The summed E-state index contributed by atoms with van der Waals surface area (Å²) in [4.78, 5) is 12.4. The summed E-state index contributed by atoms with van der Waals surface area (Å²) in [5.74, 6) is 0.0556. The molecule has 0 atom stereocenters. The number of amides is 1. The fourth-order valence-electron chi connectivity index (χ4n) is 0.932. The van der Waals surface area contributed by atoms with Crippen molar-refractivity contribution in [3.05, 3.63) is 12.2 Å². The summed E-state index contributed by atoms with van der Waals surface area (Å²) in [5, 5.41) is 0. The summed E-state index contributed by atoms with van der Waals surface area (Å²) in [6.07, 6.45) is 3.43. The SMILES string of the molecule is CC(C)(S)N1CC=CC1=O. The van der Waals surface area contributed by atoms with Crippen molar-refractivity contribution in [3.63, 3.8) is 0 Å². The van der Waals surface area contributed by atoms with Gasteiger partial charge in [0.15, 0.2) is 0 Å². The van der Waals surface area contributed by atoms with Crippen LogP contribution in [0.1, 0.15) is 13.8 Å². The van der Waals surface area contributed by atoms with Crippen LogP contribution in [0.5, 0.6) is 0 Å². The predicted octanol–water partition coefficient (Wildman–Crippen LogP) is 1.05. The van der Waals surface area contributed by atoms with Gasteiger partial charge in [0.2, 0.25) is 5.91 Å². The minimum atomic E-state index is -0.333. The first-order valence-electron chi connectivity index (χ1n) is 3.22. The van der Waals surface area contributed by atoms with Crippen molar-refractivity contribution in [2.45, 2.75) is 18.7 Å². The zero-order valence-electron chi connectivity index (χ0n) is 6.16. The van der Waals surface area contributed by atoms with E-state index in [1.165, 1.54) is 0 Å². The van der Waals surface area contributed by atoms with Crippen LogP contribution in [-0.2, 0) is 4.79 Å². The molecule has 3 heteroatoms. The molecule has 0 radical (unpaired) electrons. The summed E-state index contributed by atoms with van der Waals surface area (Å²) >= 11 is 4.27. The number of hydrogen-bond acceptors (Lipinski definition) is 2. The lowest BCUT2D eigenvalue weighted by molar-refractivity contribution is -0.126. The first kappa shape index (κ1) is 7.66. The summed E-state index contributed by atoms with van der Waals surface area (Å²) in [6.45, 7) is 4.50. The fourth-order valence-corrected chi connectivity index (χ4v) is 1.11. The van der Waals surface area contributed by atoms with Crippen LogP contribution in [0.3, 0.4) is 0 Å². The number of carbonyl (C=O) groups excluding carboxylic acids is 1. The second kappa shape index (κ2) is 2.31. The quantitative estimate of drug-likeness (QED) is 0.564. The lowest BCUT2D eigenvalue weighted by Gasteiger charge is -2.30. The maximum absolute atomic E-state index is 11.0. The standard InChI is InChI=1S/C7H11NOS/c1-7(2,10)8-5-3-4-6(8)9/h3-4,10H,5H2,1-2H3. The molecule has 0 N–H and O–H groups in total. The van der Waals surface area contributed by atoms with E-state index in [9.17, 15) is 4.79 Å². The molecule has 0 aliphatic carbocycles. The van der Waals surface area contributed by atoms with E-state index < -0.39 is 0 Å². The molecule has 1 rings (SSSR count). The van der Waals surface area contributed by atoms with Gasteiger partial charge in [-0.2, -0.15) is 12.6 Å². The Morgan fingerprint density at radius 3 is 2.50 bits per heavy atom. The van der Waals surface area contributed by atoms with Crippen molar-refractivity contribution in [1.82, 2.24) is 4.90 Å². The van der Waals surface area contributed by atoms with Crippen LogP contribution in [0.15, 0.2) is 12.2 Å². The average Bonchev–Trinajstić information content (AvgIpc) is 2.11. The monoisotopic (exact) mass is 157 g/mol. The highest BCUT2D eigenvalue weighted by molar-refractivity contribution is 7.81. The Hall–Kier alpha value is -0.440. The van der Waals surface area contributed by atoms with Crippen LogP contribution < -0.4 is 0 Å². The van der Waals surface area contributed by atoms with Crippen molar-refractivity contribution in [2.75, 3.05) is 6.54 Å². The van der Waals surface area contributed by atoms with E-state index in [-0.39, 0.29) is 10.8 Å². The van der Waals surface area contributed by atoms with Crippen LogP contribution in [0.2, 0.25) is 0 Å². The molecule has 0 saturated carbocycles. The molecule has 0 fully saturated rings. The third-order valence-electron chi connectivity index (χ3n) is 1.47. The maximum Gasteiger partial charge on any atom is 0.247 e. The molecular weight excluding hydrogens is 146 g/mol. The van der Waals surface area contributed by atoms with Gasteiger partial charge in [-0.05, 0) is 13.8 Å². The van der Waals surface area contributed by atoms with Gasteiger partial charge in [0, 0.05) is 12.6 Å². The van der Waals surface area contributed by atoms with Crippen molar-refractivity contribution < 1.29 is 4.79 Å². The van der Waals surface area contributed by atoms with Gasteiger partial charge in [0.1, 0.15) is 0 Å². The summed E-state index contributed by atoms with van der Waals surface area (Å²) in [7, 11) is 0. The Kier molecular flexibility index (Phi) is 1.77. The number of hydrogen-bond donors (Lipinski definition) is 1. The summed E-state index contributed by atoms with van der Waals surface area (Å²) in [5.41, 5.74) is 0. The van der Waals surface area contributed by atoms with Gasteiger partial charge in [-0.3, -0.25) is 4.79 Å². The molecule has 0 spiro atoms. The molecule has 0 aromatic rings. The molecule has 10 heavy (non-hydrogen) atoms. The van der Waals surface area contributed by atoms with Gasteiger partial charge in [-0.15, -0.1) is 0 Å². The summed E-state index contributed by atoms with van der Waals surface area (Å²) < 4.78 is 0. The Balaban J connectivity index is 2.69. The molecular formula is C7H11NOS. The first-order valence-corrected chi connectivity index (χ1v) is 3.67. The minimum Gasteiger partial charge on any atom is -0.322 e. The van der Waals surface area contributed by atoms with Crippen LogP contribution in [-0.4, -0.2) is 22.2 Å². The summed E-state index contributed by atoms with van der Waals surface area (Å²) in [6, 6.07) is 0. The molecule has 1 aliphatic heterocycles. The van der Waals surface area contributed by atoms with Gasteiger partial charge in [0.25, 0.3) is 0 Å². The number of carbonyl (C=O) groups is 1. The van der Waals surface area contributed by atoms with Gasteiger partial charge in [-0.1, -0.05) is 6.08 Å². The van der Waals surface area contributed by atoms with E-state index in [2.05, 4.69) is 12.6 Å². The van der Waals surface area contributed by atoms with Crippen molar-refractivity contribution in [2.24, 2.45) is 0 Å². The van der Waals surface area contributed by atoms with Crippen molar-refractivity contribution in [3.8, 4) is 0 Å². The van der Waals surface area contributed by atoms with Crippen LogP contribution in [0.25, 0.3) is 0 Å². The minimum absolute atomic E-state index is 0.0556. The Morgan fingerprint density at radius 2 is 2.30 bits per heavy atom. The number of nitrogens with zero attached hydrogens (tertiary/aromatic N) is 1. The Bertz CT molecular complexity index is 181. The van der Waals surface area contributed by atoms with E-state index in [0.717, 1.165) is 0 Å². The topological polar surface area (TPSA) is 20.3 Å². The molecule has 1 amide bonds. The van der Waals surface area contributed by atoms with Gasteiger partial charge in [0.05, 0.1) is 4.87 Å². The highest BCUT2D eigenvalue weighted by atomic mass is 32.1. The van der Waals surface area contributed by atoms with E-state index in [4.69, 9.17) is 0 Å². The third-order valence-corrected chi connectivity index (χ3v) is 1.72. The van der Waals surface area contributed by atoms with E-state index in [1.807, 2.05) is 19.9 Å². The smallest absolute Gasteiger partial charge is 0.247 e. The third kappa shape index (κ3) is 1.34. The van der Waals surface area contributed by atoms with Gasteiger partial charge in [-0.25, -0.2) is 0 Å². The zero-order valence-corrected chi connectivity index (χ0v) is 7.06. The van der Waals surface area contributed by atoms with E-state index in [0.29, 0.717) is 6.54 Å². The fraction of sp³-hybridized carbons (Fsp3) is 0.571.